The molecule has 0 amide bonds. The van der Waals surface area contributed by atoms with Crippen molar-refractivity contribution >= 4 is 44.3 Å². The van der Waals surface area contributed by atoms with Gasteiger partial charge in [0.25, 0.3) is 11.4 Å². The number of fused-ring (bicyclic) bond motifs is 2. The smallest absolute Gasteiger partial charge is 0.379 e. The maximum atomic E-state index is 11.1. The molecule has 0 radical (unpaired) electrons. The van der Waals surface area contributed by atoms with Crippen LogP contribution in [-0.2, 0) is 13.3 Å². The summed E-state index contributed by atoms with van der Waals surface area (Å²) in [6, 6.07) is 4.09. The maximum Gasteiger partial charge on any atom is 0.500 e. The Labute approximate surface area is 245 Å². The van der Waals surface area contributed by atoms with E-state index in [0.717, 1.165) is 17.5 Å². The molecule has 0 aromatic heterocycles. The van der Waals surface area contributed by atoms with E-state index in [0.29, 0.717) is 49.7 Å². The van der Waals surface area contributed by atoms with Crippen LogP contribution in [0.15, 0.2) is 18.2 Å². The number of benzene rings is 1. The van der Waals surface area contributed by atoms with Gasteiger partial charge in [0.1, 0.15) is 5.69 Å². The van der Waals surface area contributed by atoms with Gasteiger partial charge in [-0.1, -0.05) is 40.3 Å². The summed E-state index contributed by atoms with van der Waals surface area (Å²) in [7, 11) is -4.23. The molecule has 0 heterocycles. The van der Waals surface area contributed by atoms with Crippen molar-refractivity contribution in [2.45, 2.75) is 91.9 Å². The number of nitro groups is 2. The Morgan fingerprint density at radius 3 is 2.00 bits per heavy atom. The molecule has 1 aromatic carbocycles. The molecule has 0 saturated heterocycles. The molecule has 10 nitrogen and oxygen atoms in total. The summed E-state index contributed by atoms with van der Waals surface area (Å²) in [5.41, 5.74) is 1.51. The van der Waals surface area contributed by atoms with E-state index in [-0.39, 0.29) is 17.1 Å². The normalized spacial score (nSPS) is 23.4. The number of non-ortho nitro benzene ring substituents is 1. The first-order valence-corrected chi connectivity index (χ1v) is 20.4. The van der Waals surface area contributed by atoms with Crippen molar-refractivity contribution in [3.8, 4) is 0 Å². The van der Waals surface area contributed by atoms with Crippen LogP contribution in [0.25, 0.3) is 0 Å². The van der Waals surface area contributed by atoms with Gasteiger partial charge in [0.2, 0.25) is 0 Å². The number of rotatable bonds is 14. The van der Waals surface area contributed by atoms with Gasteiger partial charge in [-0.3, -0.25) is 20.2 Å². The number of halogens is 1. The van der Waals surface area contributed by atoms with Crippen molar-refractivity contribution in [1.82, 2.24) is 0 Å². The summed E-state index contributed by atoms with van der Waals surface area (Å²) in [4.78, 5) is 20.6. The molecule has 0 spiro atoms. The molecular formula is C27H48ClN3O7Si2. The zero-order valence-electron chi connectivity index (χ0n) is 25.4. The topological polar surface area (TPSA) is 126 Å². The fraction of sp³-hybridized carbons (Fsp3) is 0.778. The van der Waals surface area contributed by atoms with Crippen LogP contribution in [-0.4, -0.2) is 52.4 Å². The molecule has 1 aromatic rings. The highest BCUT2D eigenvalue weighted by molar-refractivity contribution is 7.19. The highest BCUT2D eigenvalue weighted by Gasteiger charge is 2.65. The second-order valence-corrected chi connectivity index (χ2v) is 21.4. The first kappa shape index (κ1) is 34.6. The number of nitrogens with one attached hydrogen (secondary N) is 1. The van der Waals surface area contributed by atoms with Gasteiger partial charge in [0.05, 0.1) is 15.9 Å². The van der Waals surface area contributed by atoms with E-state index in [2.05, 4.69) is 39.2 Å². The Kier molecular flexibility index (Phi) is 12.2. The first-order valence-electron chi connectivity index (χ1n) is 14.4. The fourth-order valence-electron chi connectivity index (χ4n) is 6.67. The van der Waals surface area contributed by atoms with Gasteiger partial charge in [0, 0.05) is 38.5 Å². The number of nitrogens with zero attached hydrogens (tertiary/aromatic N) is 2. The monoisotopic (exact) mass is 617 g/mol. The van der Waals surface area contributed by atoms with Gasteiger partial charge in [-0.15, -0.1) is 0 Å². The molecule has 3 saturated carbocycles. The number of hydrogen-bond donors (Lipinski definition) is 1. The van der Waals surface area contributed by atoms with Crippen LogP contribution in [0.4, 0.5) is 17.1 Å². The lowest BCUT2D eigenvalue weighted by molar-refractivity contribution is -0.393. The Balaban J connectivity index is 0.000000333. The van der Waals surface area contributed by atoms with E-state index in [4.69, 9.17) is 24.4 Å². The molecule has 3 fully saturated rings. The van der Waals surface area contributed by atoms with Crippen LogP contribution in [0.3, 0.4) is 0 Å². The summed E-state index contributed by atoms with van der Waals surface area (Å²) < 4.78 is 17.3. The molecule has 228 valence electrons. The molecule has 40 heavy (non-hydrogen) atoms. The van der Waals surface area contributed by atoms with Crippen molar-refractivity contribution in [2.24, 2.45) is 16.7 Å². The van der Waals surface area contributed by atoms with Crippen molar-refractivity contribution in [3.63, 3.8) is 0 Å². The van der Waals surface area contributed by atoms with Gasteiger partial charge < -0.3 is 18.6 Å². The number of nitro benzene ring substituents is 2. The van der Waals surface area contributed by atoms with E-state index in [1.165, 1.54) is 31.4 Å². The number of hydrogen-bond acceptors (Lipinski definition) is 8. The van der Waals surface area contributed by atoms with Gasteiger partial charge >= 0.3 is 8.80 Å². The molecule has 2 bridgehead atoms. The second-order valence-electron chi connectivity index (χ2n) is 12.0. The number of anilines is 1. The zero-order valence-corrected chi connectivity index (χ0v) is 28.1. The largest absolute Gasteiger partial charge is 0.500 e. The maximum absolute atomic E-state index is 11.1. The van der Waals surface area contributed by atoms with E-state index >= 15 is 0 Å². The summed E-state index contributed by atoms with van der Waals surface area (Å²) in [6.07, 6.45) is 4.87. The van der Waals surface area contributed by atoms with Crippen LogP contribution < -0.4 is 5.32 Å². The molecule has 3 unspecified atom stereocenters. The molecule has 13 heteroatoms. The molecule has 3 atom stereocenters. The third-order valence-corrected chi connectivity index (χ3v) is 15.5. The molecule has 3 aliphatic carbocycles. The van der Waals surface area contributed by atoms with Gasteiger partial charge in [-0.25, -0.2) is 0 Å². The average molecular weight is 618 g/mol. The Morgan fingerprint density at radius 2 is 1.57 bits per heavy atom. The zero-order chi connectivity index (χ0) is 30.4. The van der Waals surface area contributed by atoms with Crippen LogP contribution in [0.5, 0.6) is 0 Å². The SMILES string of the molecule is CC1(C)C2CCC([Si](C)(C)Cl)C1(C)C2.CCO[Si](CCCNc1ccc([N+](=O)[O-])cc1[N+](=O)[O-])(OCC)OCC. The highest BCUT2D eigenvalue weighted by atomic mass is 35.6. The quantitative estimate of drug-likeness (QED) is 0.0731. The van der Waals surface area contributed by atoms with Crippen LogP contribution >= 0.6 is 11.1 Å². The minimum Gasteiger partial charge on any atom is -0.379 e. The minimum atomic E-state index is -2.76. The Hall–Kier alpha value is -1.58. The van der Waals surface area contributed by atoms with Gasteiger partial charge in [-0.2, -0.15) is 11.1 Å². The van der Waals surface area contributed by atoms with E-state index in [1.54, 1.807) is 0 Å². The summed E-state index contributed by atoms with van der Waals surface area (Å²) >= 11 is 6.69. The Morgan fingerprint density at radius 1 is 1.00 bits per heavy atom. The first-order chi connectivity index (χ1) is 18.6. The van der Waals surface area contributed by atoms with Crippen molar-refractivity contribution in [2.75, 3.05) is 31.7 Å². The van der Waals surface area contributed by atoms with Crippen LogP contribution in [0.1, 0.15) is 67.2 Å². The van der Waals surface area contributed by atoms with E-state index in [1.807, 2.05) is 20.8 Å². The molecular weight excluding hydrogens is 570 g/mol. The average Bonchev–Trinajstić information content (AvgIpc) is 2.86. The standard InChI is InChI=1S/C15H25N3O7Si.C12H23ClSi/c1-4-23-26(24-5-2,25-6-3)11-7-10-16-14-9-8-13(17(19)20)12-15(14)18(21)22;1-11(2)9-6-7-10(14(4,5)13)12(11,3)8-9/h8-9,12,16H,4-7,10-11H2,1-3H3;9-10H,6-8H2,1-5H3. The highest BCUT2D eigenvalue weighted by Crippen LogP contribution is 2.73. The Bertz CT molecular complexity index is 1010. The van der Waals surface area contributed by atoms with Crippen molar-refractivity contribution in [3.05, 3.63) is 38.4 Å². The lowest BCUT2D eigenvalue weighted by atomic mass is 9.40. The lowest BCUT2D eigenvalue weighted by Gasteiger charge is -2.69. The van der Waals surface area contributed by atoms with Gasteiger partial charge in [0.15, 0.2) is 7.38 Å². The van der Waals surface area contributed by atoms with Gasteiger partial charge in [-0.05, 0) is 68.4 Å². The van der Waals surface area contributed by atoms with E-state index < -0.39 is 26.0 Å². The third-order valence-electron chi connectivity index (χ3n) is 9.02. The van der Waals surface area contributed by atoms with Crippen LogP contribution in [0, 0.1) is 37.0 Å². The van der Waals surface area contributed by atoms with Crippen molar-refractivity contribution in [1.29, 1.82) is 0 Å². The molecule has 1 N–H and O–H groups in total. The predicted octanol–water partition coefficient (Wildman–Crippen LogP) is 8.00. The summed E-state index contributed by atoms with van der Waals surface area (Å²) in [6.45, 7) is 19.6. The summed E-state index contributed by atoms with van der Waals surface area (Å²) in [5, 5.41) is 24.9. The fourth-order valence-corrected chi connectivity index (χ4v) is 13.2. The molecule has 4 rings (SSSR count). The predicted molar refractivity (Wildman–Crippen MR) is 165 cm³/mol. The molecule has 3 aliphatic rings. The van der Waals surface area contributed by atoms with E-state index in [9.17, 15) is 20.2 Å². The molecule has 0 aliphatic heterocycles. The lowest BCUT2D eigenvalue weighted by Crippen LogP contribution is -2.62. The summed E-state index contributed by atoms with van der Waals surface area (Å²) in [5.74, 6) is 0.983. The second kappa shape index (κ2) is 14.1. The van der Waals surface area contributed by atoms with Crippen LogP contribution in [0.2, 0.25) is 24.7 Å². The third kappa shape index (κ3) is 7.83. The van der Waals surface area contributed by atoms with Crippen molar-refractivity contribution < 1.29 is 23.1 Å². The minimum absolute atomic E-state index is 0.233.